The summed E-state index contributed by atoms with van der Waals surface area (Å²) in [4.78, 5) is 40.9. The Kier molecular flexibility index (Phi) is 6.67. The van der Waals surface area contributed by atoms with Crippen molar-refractivity contribution in [3.63, 3.8) is 0 Å². The number of hydrogen-bond acceptors (Lipinski definition) is 7. The molecule has 9 nitrogen and oxygen atoms in total. The van der Waals surface area contributed by atoms with E-state index in [1.165, 1.54) is 6.08 Å². The Bertz CT molecular complexity index is 743. The number of imide groups is 1. The van der Waals surface area contributed by atoms with Crippen LogP contribution in [0.2, 0.25) is 0 Å². The van der Waals surface area contributed by atoms with E-state index in [1.807, 2.05) is 13.8 Å². The van der Waals surface area contributed by atoms with Gasteiger partial charge in [0.2, 0.25) is 17.7 Å². The van der Waals surface area contributed by atoms with E-state index in [9.17, 15) is 14.4 Å². The number of aliphatic imine (C=N–C) groups is 1. The first kappa shape index (κ1) is 19.8. The second kappa shape index (κ2) is 8.75. The highest BCUT2D eigenvalue weighted by Crippen LogP contribution is 2.21. The van der Waals surface area contributed by atoms with E-state index in [4.69, 9.17) is 4.42 Å². The van der Waals surface area contributed by atoms with Crippen molar-refractivity contribution in [3.8, 4) is 0 Å². The monoisotopic (exact) mass is 379 g/mol. The molecule has 1 unspecified atom stereocenters. The Morgan fingerprint density at radius 3 is 2.81 bits per heavy atom. The summed E-state index contributed by atoms with van der Waals surface area (Å²) in [6, 6.07) is -0.538. The number of carbonyl (C=O) groups is 3. The Labute approximate surface area is 155 Å². The molecule has 2 heterocycles. The molecule has 0 aliphatic carbocycles. The second-order valence-corrected chi connectivity index (χ2v) is 6.93. The van der Waals surface area contributed by atoms with Gasteiger partial charge in [-0.15, -0.1) is 16.8 Å². The molecule has 0 saturated carbocycles. The van der Waals surface area contributed by atoms with Crippen molar-refractivity contribution >= 4 is 35.3 Å². The fraction of sp³-hybridized carbons (Fsp3) is 0.500. The topological polar surface area (TPSA) is 118 Å². The van der Waals surface area contributed by atoms with E-state index in [0.717, 1.165) is 16.7 Å². The largest absolute Gasteiger partial charge is 0.416 e. The van der Waals surface area contributed by atoms with E-state index in [-0.39, 0.29) is 47.7 Å². The minimum absolute atomic E-state index is 0.0575. The number of nitrogens with one attached hydrogen (secondary N) is 1. The molecule has 10 heteroatoms. The molecule has 140 valence electrons. The molecule has 0 spiro atoms. The number of thioether (sulfide) groups is 1. The van der Waals surface area contributed by atoms with Gasteiger partial charge in [0.25, 0.3) is 5.22 Å². The highest BCUT2D eigenvalue weighted by atomic mass is 32.2. The van der Waals surface area contributed by atoms with Crippen LogP contribution in [0.25, 0.3) is 0 Å². The van der Waals surface area contributed by atoms with Gasteiger partial charge < -0.3 is 9.73 Å². The van der Waals surface area contributed by atoms with Gasteiger partial charge in [-0.2, -0.15) is 0 Å². The molecule has 0 saturated heterocycles. The van der Waals surface area contributed by atoms with Crippen LogP contribution in [-0.4, -0.2) is 57.0 Å². The van der Waals surface area contributed by atoms with Gasteiger partial charge in [-0.05, 0) is 20.8 Å². The lowest BCUT2D eigenvalue weighted by Gasteiger charge is -2.27. The highest BCUT2D eigenvalue weighted by molar-refractivity contribution is 7.99. The first-order valence-electron chi connectivity index (χ1n) is 8.07. The van der Waals surface area contributed by atoms with Crippen LogP contribution in [0.3, 0.4) is 0 Å². The number of amides is 4. The average molecular weight is 379 g/mol. The maximum Gasteiger partial charge on any atom is 0.350 e. The molecular weight excluding hydrogens is 358 g/mol. The zero-order chi connectivity index (χ0) is 19.3. The Morgan fingerprint density at radius 2 is 2.15 bits per heavy atom. The molecule has 26 heavy (non-hydrogen) atoms. The number of nitrogens with zero attached hydrogens (tertiary/aromatic N) is 4. The molecule has 0 radical (unpaired) electrons. The van der Waals surface area contributed by atoms with Crippen LogP contribution >= 0.6 is 11.8 Å². The zero-order valence-corrected chi connectivity index (χ0v) is 15.7. The number of aromatic nitrogens is 2. The lowest BCUT2D eigenvalue weighted by atomic mass is 9.97. The van der Waals surface area contributed by atoms with Crippen LogP contribution in [0.15, 0.2) is 27.3 Å². The van der Waals surface area contributed by atoms with Crippen LogP contribution in [0.4, 0.5) is 4.79 Å². The minimum atomic E-state index is -0.643. The molecule has 0 bridgehead atoms. The SMILES string of the molecule is C=CCN1C(=O)N=C(C)C(Cc2nnc(SCC(=O)NC(C)C)o2)C1=O. The number of hydrogen-bond donors (Lipinski definition) is 1. The van der Waals surface area contributed by atoms with Crippen LogP contribution in [0, 0.1) is 5.92 Å². The summed E-state index contributed by atoms with van der Waals surface area (Å²) in [5, 5.41) is 10.8. The molecular formula is C16H21N5O4S. The summed E-state index contributed by atoms with van der Waals surface area (Å²) in [5.41, 5.74) is 0.407. The van der Waals surface area contributed by atoms with Gasteiger partial charge >= 0.3 is 6.03 Å². The molecule has 1 atom stereocenters. The van der Waals surface area contributed by atoms with E-state index < -0.39 is 11.9 Å². The molecule has 1 aliphatic heterocycles. The van der Waals surface area contributed by atoms with Crippen molar-refractivity contribution in [1.82, 2.24) is 20.4 Å². The number of rotatable bonds is 8. The van der Waals surface area contributed by atoms with Gasteiger partial charge in [0.1, 0.15) is 0 Å². The summed E-state index contributed by atoms with van der Waals surface area (Å²) >= 11 is 1.12. The summed E-state index contributed by atoms with van der Waals surface area (Å²) < 4.78 is 5.49. The van der Waals surface area contributed by atoms with Crippen molar-refractivity contribution in [2.24, 2.45) is 10.9 Å². The van der Waals surface area contributed by atoms with Gasteiger partial charge in [0.15, 0.2) is 0 Å². The van der Waals surface area contributed by atoms with Crippen LogP contribution < -0.4 is 5.32 Å². The molecule has 1 aliphatic rings. The van der Waals surface area contributed by atoms with Crippen molar-refractivity contribution < 1.29 is 18.8 Å². The lowest BCUT2D eigenvalue weighted by molar-refractivity contribution is -0.130. The van der Waals surface area contributed by atoms with E-state index in [2.05, 4.69) is 27.1 Å². The average Bonchev–Trinajstić information content (AvgIpc) is 3.00. The van der Waals surface area contributed by atoms with Crippen LogP contribution in [0.5, 0.6) is 0 Å². The molecule has 0 aromatic carbocycles. The summed E-state index contributed by atoms with van der Waals surface area (Å²) in [6.07, 6.45) is 1.60. The van der Waals surface area contributed by atoms with E-state index in [0.29, 0.717) is 5.71 Å². The number of carbonyl (C=O) groups excluding carboxylic acids is 3. The van der Waals surface area contributed by atoms with E-state index in [1.54, 1.807) is 6.92 Å². The fourth-order valence-electron chi connectivity index (χ4n) is 2.33. The molecule has 1 aromatic rings. The first-order valence-corrected chi connectivity index (χ1v) is 9.06. The van der Waals surface area contributed by atoms with Gasteiger partial charge in [-0.25, -0.2) is 9.79 Å². The molecule has 0 fully saturated rings. The number of urea groups is 1. The van der Waals surface area contributed by atoms with Gasteiger partial charge in [0.05, 0.1) is 11.7 Å². The van der Waals surface area contributed by atoms with Gasteiger partial charge in [-0.1, -0.05) is 17.8 Å². The first-order chi connectivity index (χ1) is 12.3. The molecule has 1 N–H and O–H groups in total. The normalized spacial score (nSPS) is 17.5. The fourth-order valence-corrected chi connectivity index (χ4v) is 2.92. The predicted molar refractivity (Wildman–Crippen MR) is 95.9 cm³/mol. The molecule has 4 amide bonds. The van der Waals surface area contributed by atoms with Crippen molar-refractivity contribution in [3.05, 3.63) is 18.5 Å². The predicted octanol–water partition coefficient (Wildman–Crippen LogP) is 1.45. The Hall–Kier alpha value is -2.49. The molecule has 2 rings (SSSR count). The highest BCUT2D eigenvalue weighted by Gasteiger charge is 2.36. The van der Waals surface area contributed by atoms with E-state index >= 15 is 0 Å². The minimum Gasteiger partial charge on any atom is -0.416 e. The quantitative estimate of drug-likeness (QED) is 0.536. The third-order valence-electron chi connectivity index (χ3n) is 3.49. The summed E-state index contributed by atoms with van der Waals surface area (Å²) in [6.45, 7) is 9.00. The standard InChI is InChI=1S/C16H21N5O4S/c1-5-6-21-14(23)11(10(4)18-15(21)24)7-13-19-20-16(25-13)26-8-12(22)17-9(2)3/h5,9,11H,1,6-8H2,2-4H3,(H,17,22). The Morgan fingerprint density at radius 1 is 1.42 bits per heavy atom. The smallest absolute Gasteiger partial charge is 0.350 e. The maximum atomic E-state index is 12.5. The van der Waals surface area contributed by atoms with Crippen molar-refractivity contribution in [2.75, 3.05) is 12.3 Å². The molecule has 1 aromatic heterocycles. The Balaban J connectivity index is 2.00. The third-order valence-corrected chi connectivity index (χ3v) is 4.30. The third kappa shape index (κ3) is 5.01. The second-order valence-electron chi connectivity index (χ2n) is 6.00. The maximum absolute atomic E-state index is 12.5. The zero-order valence-electron chi connectivity index (χ0n) is 14.9. The summed E-state index contributed by atoms with van der Waals surface area (Å²) in [7, 11) is 0. The summed E-state index contributed by atoms with van der Waals surface area (Å²) in [5.74, 6) is -0.739. The van der Waals surface area contributed by atoms with Crippen LogP contribution in [-0.2, 0) is 16.0 Å². The van der Waals surface area contributed by atoms with Crippen molar-refractivity contribution in [2.45, 2.75) is 38.5 Å². The van der Waals surface area contributed by atoms with Crippen molar-refractivity contribution in [1.29, 1.82) is 0 Å². The van der Waals surface area contributed by atoms with Gasteiger partial charge in [0, 0.05) is 24.7 Å². The van der Waals surface area contributed by atoms with Crippen LogP contribution in [0.1, 0.15) is 26.7 Å². The van der Waals surface area contributed by atoms with Gasteiger partial charge in [-0.3, -0.25) is 14.5 Å². The lowest BCUT2D eigenvalue weighted by Crippen LogP contribution is -2.46.